The van der Waals surface area contributed by atoms with Gasteiger partial charge in [-0.05, 0) is 32.4 Å². The lowest BCUT2D eigenvalue weighted by Gasteiger charge is -2.21. The van der Waals surface area contributed by atoms with Crippen LogP contribution in [0, 0.1) is 12.8 Å². The van der Waals surface area contributed by atoms with E-state index in [0.717, 1.165) is 5.76 Å². The zero-order valence-electron chi connectivity index (χ0n) is 9.63. The first-order chi connectivity index (χ1) is 6.69. The SMILES string of the molecule is CCCC(C)C(NC)c1coc(C)c1. The van der Waals surface area contributed by atoms with Gasteiger partial charge in [-0.2, -0.15) is 0 Å². The Morgan fingerprint density at radius 3 is 2.64 bits per heavy atom. The van der Waals surface area contributed by atoms with Crippen molar-refractivity contribution in [1.29, 1.82) is 0 Å². The highest BCUT2D eigenvalue weighted by atomic mass is 16.3. The maximum Gasteiger partial charge on any atom is 0.101 e. The van der Waals surface area contributed by atoms with Crippen molar-refractivity contribution < 1.29 is 4.42 Å². The van der Waals surface area contributed by atoms with Crippen LogP contribution in [0.15, 0.2) is 16.7 Å². The van der Waals surface area contributed by atoms with Crippen LogP contribution in [-0.4, -0.2) is 7.05 Å². The Morgan fingerprint density at radius 1 is 1.50 bits per heavy atom. The van der Waals surface area contributed by atoms with Gasteiger partial charge in [-0.15, -0.1) is 0 Å². The van der Waals surface area contributed by atoms with Gasteiger partial charge in [0.25, 0.3) is 0 Å². The van der Waals surface area contributed by atoms with Crippen molar-refractivity contribution in [2.24, 2.45) is 5.92 Å². The van der Waals surface area contributed by atoms with Crippen molar-refractivity contribution in [3.63, 3.8) is 0 Å². The van der Waals surface area contributed by atoms with Gasteiger partial charge in [0.2, 0.25) is 0 Å². The van der Waals surface area contributed by atoms with Crippen molar-refractivity contribution in [2.45, 2.75) is 39.7 Å². The van der Waals surface area contributed by atoms with E-state index in [0.29, 0.717) is 12.0 Å². The van der Waals surface area contributed by atoms with E-state index in [-0.39, 0.29) is 0 Å². The van der Waals surface area contributed by atoms with E-state index in [2.05, 4.69) is 25.2 Å². The van der Waals surface area contributed by atoms with Crippen LogP contribution in [0.25, 0.3) is 0 Å². The minimum Gasteiger partial charge on any atom is -0.469 e. The molecule has 0 saturated heterocycles. The third kappa shape index (κ3) is 2.61. The highest BCUT2D eigenvalue weighted by Gasteiger charge is 2.18. The summed E-state index contributed by atoms with van der Waals surface area (Å²) < 4.78 is 5.34. The van der Waals surface area contributed by atoms with E-state index in [1.807, 2.05) is 20.2 Å². The Labute approximate surface area is 86.7 Å². The van der Waals surface area contributed by atoms with Crippen LogP contribution < -0.4 is 5.32 Å². The summed E-state index contributed by atoms with van der Waals surface area (Å²) in [6, 6.07) is 2.54. The van der Waals surface area contributed by atoms with Crippen LogP contribution >= 0.6 is 0 Å². The zero-order chi connectivity index (χ0) is 10.6. The monoisotopic (exact) mass is 195 g/mol. The van der Waals surface area contributed by atoms with E-state index < -0.39 is 0 Å². The first-order valence-electron chi connectivity index (χ1n) is 5.41. The molecule has 0 aromatic carbocycles. The van der Waals surface area contributed by atoms with Crippen LogP contribution in [0.2, 0.25) is 0 Å². The lowest BCUT2D eigenvalue weighted by Crippen LogP contribution is -2.22. The maximum atomic E-state index is 5.34. The van der Waals surface area contributed by atoms with Crippen LogP contribution in [0.3, 0.4) is 0 Å². The van der Waals surface area contributed by atoms with Gasteiger partial charge in [0, 0.05) is 11.6 Å². The predicted molar refractivity (Wildman–Crippen MR) is 59.3 cm³/mol. The second kappa shape index (κ2) is 5.20. The fourth-order valence-corrected chi connectivity index (χ4v) is 2.03. The molecule has 0 aliphatic heterocycles. The molecule has 0 bridgehead atoms. The normalized spacial score (nSPS) is 15.4. The molecule has 2 nitrogen and oxygen atoms in total. The number of nitrogens with one attached hydrogen (secondary N) is 1. The van der Waals surface area contributed by atoms with E-state index in [1.54, 1.807) is 0 Å². The molecule has 2 heteroatoms. The average Bonchev–Trinajstić information content (AvgIpc) is 2.54. The van der Waals surface area contributed by atoms with E-state index in [9.17, 15) is 0 Å². The van der Waals surface area contributed by atoms with Crippen molar-refractivity contribution in [3.8, 4) is 0 Å². The summed E-state index contributed by atoms with van der Waals surface area (Å²) in [5.74, 6) is 1.64. The molecule has 0 aliphatic carbocycles. The van der Waals surface area contributed by atoms with Gasteiger partial charge in [0.1, 0.15) is 5.76 Å². The molecule has 1 aromatic heterocycles. The number of rotatable bonds is 5. The molecule has 0 fully saturated rings. The molecule has 0 radical (unpaired) electrons. The second-order valence-electron chi connectivity index (χ2n) is 4.02. The third-order valence-corrected chi connectivity index (χ3v) is 2.73. The largest absolute Gasteiger partial charge is 0.469 e. The van der Waals surface area contributed by atoms with Crippen LogP contribution in [-0.2, 0) is 0 Å². The van der Waals surface area contributed by atoms with Gasteiger partial charge < -0.3 is 9.73 Å². The molecule has 2 atom stereocenters. The van der Waals surface area contributed by atoms with Gasteiger partial charge in [-0.1, -0.05) is 20.3 Å². The van der Waals surface area contributed by atoms with Crippen LogP contribution in [0.4, 0.5) is 0 Å². The Balaban J connectivity index is 2.71. The van der Waals surface area contributed by atoms with Gasteiger partial charge in [-0.25, -0.2) is 0 Å². The summed E-state index contributed by atoms with van der Waals surface area (Å²) in [6.07, 6.45) is 4.34. The minimum atomic E-state index is 0.424. The molecule has 14 heavy (non-hydrogen) atoms. The van der Waals surface area contributed by atoms with Crippen molar-refractivity contribution in [3.05, 3.63) is 23.7 Å². The lowest BCUT2D eigenvalue weighted by molar-refractivity contribution is 0.380. The molecule has 0 aliphatic rings. The number of hydrogen-bond acceptors (Lipinski definition) is 2. The number of hydrogen-bond donors (Lipinski definition) is 1. The van der Waals surface area contributed by atoms with Gasteiger partial charge >= 0.3 is 0 Å². The quantitative estimate of drug-likeness (QED) is 0.780. The number of aryl methyl sites for hydroxylation is 1. The summed E-state index contributed by atoms with van der Waals surface area (Å²) in [7, 11) is 2.01. The Kier molecular flexibility index (Phi) is 4.21. The molecule has 80 valence electrons. The van der Waals surface area contributed by atoms with Crippen LogP contribution in [0.1, 0.15) is 44.1 Å². The standard InChI is InChI=1S/C12H21NO/c1-5-6-9(2)12(13-4)11-7-10(3)14-8-11/h7-9,12-13H,5-6H2,1-4H3. The minimum absolute atomic E-state index is 0.424. The highest BCUT2D eigenvalue weighted by molar-refractivity contribution is 5.17. The average molecular weight is 195 g/mol. The number of furan rings is 1. The smallest absolute Gasteiger partial charge is 0.101 e. The first kappa shape index (κ1) is 11.3. The summed E-state index contributed by atoms with van der Waals surface area (Å²) >= 11 is 0. The van der Waals surface area contributed by atoms with Gasteiger partial charge in [0.05, 0.1) is 6.26 Å². The second-order valence-corrected chi connectivity index (χ2v) is 4.02. The van der Waals surface area contributed by atoms with E-state index >= 15 is 0 Å². The van der Waals surface area contributed by atoms with Crippen LogP contribution in [0.5, 0.6) is 0 Å². The van der Waals surface area contributed by atoms with Crippen molar-refractivity contribution >= 4 is 0 Å². The summed E-state index contributed by atoms with van der Waals surface area (Å²) in [4.78, 5) is 0. The summed E-state index contributed by atoms with van der Waals surface area (Å²) in [5, 5.41) is 3.36. The molecule has 0 saturated carbocycles. The fourth-order valence-electron chi connectivity index (χ4n) is 2.03. The van der Waals surface area contributed by atoms with Crippen molar-refractivity contribution in [2.75, 3.05) is 7.05 Å². The highest BCUT2D eigenvalue weighted by Crippen LogP contribution is 2.26. The molecule has 2 unspecified atom stereocenters. The Morgan fingerprint density at radius 2 is 2.21 bits per heavy atom. The van der Waals surface area contributed by atoms with Crippen molar-refractivity contribution in [1.82, 2.24) is 5.32 Å². The maximum absolute atomic E-state index is 5.34. The molecule has 1 heterocycles. The summed E-state index contributed by atoms with van der Waals surface area (Å²) in [6.45, 7) is 6.50. The molecule has 1 rings (SSSR count). The molecule has 0 amide bonds. The van der Waals surface area contributed by atoms with Gasteiger partial charge in [-0.3, -0.25) is 0 Å². The molecular weight excluding hydrogens is 174 g/mol. The lowest BCUT2D eigenvalue weighted by atomic mass is 9.92. The molecule has 0 spiro atoms. The molecule has 1 N–H and O–H groups in total. The molecular formula is C12H21NO. The van der Waals surface area contributed by atoms with Gasteiger partial charge in [0.15, 0.2) is 0 Å². The third-order valence-electron chi connectivity index (χ3n) is 2.73. The Bertz CT molecular complexity index is 267. The fraction of sp³-hybridized carbons (Fsp3) is 0.667. The van der Waals surface area contributed by atoms with E-state index in [4.69, 9.17) is 4.42 Å². The molecule has 1 aromatic rings. The topological polar surface area (TPSA) is 25.2 Å². The van der Waals surface area contributed by atoms with E-state index in [1.165, 1.54) is 18.4 Å². The summed E-state index contributed by atoms with van der Waals surface area (Å²) in [5.41, 5.74) is 1.27. The predicted octanol–water partition coefficient (Wildman–Crippen LogP) is 3.28. The first-order valence-corrected chi connectivity index (χ1v) is 5.41. The Hall–Kier alpha value is -0.760. The zero-order valence-corrected chi connectivity index (χ0v) is 9.63.